The van der Waals surface area contributed by atoms with Crippen LogP contribution in [0.1, 0.15) is 65.7 Å². The average Bonchev–Trinajstić information content (AvgIpc) is 2.75. The molecule has 0 radical (unpaired) electrons. The normalized spacial score (nSPS) is 26.4. The average molecular weight is 255 g/mol. The van der Waals surface area contributed by atoms with Gasteiger partial charge in [0.05, 0.1) is 5.41 Å². The molecule has 0 spiro atoms. The summed E-state index contributed by atoms with van der Waals surface area (Å²) in [4.78, 5) is 13.9. The van der Waals surface area contributed by atoms with Crippen molar-refractivity contribution in [1.82, 2.24) is 4.90 Å². The molecule has 1 fully saturated rings. The zero-order valence-electron chi connectivity index (χ0n) is 12.2. The van der Waals surface area contributed by atoms with E-state index in [1.807, 2.05) is 0 Å². The van der Waals surface area contributed by atoms with Crippen LogP contribution in [0, 0.1) is 5.41 Å². The molecule has 3 heteroatoms. The molecule has 0 amide bonds. The first kappa shape index (κ1) is 15.5. The van der Waals surface area contributed by atoms with Crippen molar-refractivity contribution in [2.75, 3.05) is 13.1 Å². The molecule has 0 aromatic heterocycles. The van der Waals surface area contributed by atoms with Crippen LogP contribution < -0.4 is 0 Å². The molecular weight excluding hydrogens is 226 g/mol. The van der Waals surface area contributed by atoms with Crippen molar-refractivity contribution in [3.8, 4) is 0 Å². The molecule has 18 heavy (non-hydrogen) atoms. The number of hydrogen-bond acceptors (Lipinski definition) is 2. The number of nitrogens with zero attached hydrogens (tertiary/aromatic N) is 1. The van der Waals surface area contributed by atoms with Crippen molar-refractivity contribution in [3.05, 3.63) is 0 Å². The van der Waals surface area contributed by atoms with Crippen LogP contribution >= 0.6 is 0 Å². The number of carboxylic acids is 1. The quantitative estimate of drug-likeness (QED) is 0.674. The van der Waals surface area contributed by atoms with Gasteiger partial charge in [0.25, 0.3) is 0 Å². The summed E-state index contributed by atoms with van der Waals surface area (Å²) < 4.78 is 0. The van der Waals surface area contributed by atoms with E-state index in [1.165, 1.54) is 25.7 Å². The van der Waals surface area contributed by atoms with Gasteiger partial charge in [-0.1, -0.05) is 39.5 Å². The van der Waals surface area contributed by atoms with E-state index in [1.54, 1.807) is 0 Å². The van der Waals surface area contributed by atoms with Crippen LogP contribution in [0.2, 0.25) is 0 Å². The van der Waals surface area contributed by atoms with Crippen molar-refractivity contribution in [1.29, 1.82) is 0 Å². The van der Waals surface area contributed by atoms with E-state index in [2.05, 4.69) is 25.7 Å². The van der Waals surface area contributed by atoms with E-state index in [9.17, 15) is 9.90 Å². The van der Waals surface area contributed by atoms with Crippen molar-refractivity contribution in [2.45, 2.75) is 71.8 Å². The van der Waals surface area contributed by atoms with E-state index in [-0.39, 0.29) is 0 Å². The van der Waals surface area contributed by atoms with E-state index in [4.69, 9.17) is 0 Å². The van der Waals surface area contributed by atoms with Gasteiger partial charge in [-0.05, 0) is 32.7 Å². The summed E-state index contributed by atoms with van der Waals surface area (Å²) in [7, 11) is 0. The second-order valence-corrected chi connectivity index (χ2v) is 5.90. The Hall–Kier alpha value is -0.570. The Bertz CT molecular complexity index is 267. The number of rotatable bonds is 8. The topological polar surface area (TPSA) is 40.5 Å². The van der Waals surface area contributed by atoms with Gasteiger partial charge < -0.3 is 5.11 Å². The van der Waals surface area contributed by atoms with Crippen LogP contribution in [-0.4, -0.2) is 35.1 Å². The minimum absolute atomic E-state index is 0.465. The number of aliphatic carboxylic acids is 1. The standard InChI is InChI=1S/C15H29NO2/c1-4-6-7-8-13(3)16-11-10-15(12-16,9-5-2)14(17)18/h13H,4-12H2,1-3H3,(H,17,18). The van der Waals surface area contributed by atoms with Crippen LogP contribution in [0.25, 0.3) is 0 Å². The molecule has 1 N–H and O–H groups in total. The maximum absolute atomic E-state index is 11.5. The second-order valence-electron chi connectivity index (χ2n) is 5.90. The molecule has 0 aliphatic carbocycles. The number of likely N-dealkylation sites (tertiary alicyclic amines) is 1. The Morgan fingerprint density at radius 1 is 1.33 bits per heavy atom. The van der Waals surface area contributed by atoms with E-state index >= 15 is 0 Å². The van der Waals surface area contributed by atoms with E-state index in [0.29, 0.717) is 6.04 Å². The molecule has 1 saturated heterocycles. The third-order valence-corrected chi connectivity index (χ3v) is 4.41. The predicted octanol–water partition coefficient (Wildman–Crippen LogP) is 3.53. The zero-order valence-corrected chi connectivity index (χ0v) is 12.2. The SMILES string of the molecule is CCCCCC(C)N1CCC(CCC)(C(=O)O)C1. The van der Waals surface area contributed by atoms with Crippen LogP contribution in [-0.2, 0) is 4.79 Å². The van der Waals surface area contributed by atoms with Gasteiger partial charge in [0.1, 0.15) is 0 Å². The lowest BCUT2D eigenvalue weighted by Crippen LogP contribution is -2.37. The maximum atomic E-state index is 11.5. The highest BCUT2D eigenvalue weighted by Crippen LogP contribution is 2.36. The summed E-state index contributed by atoms with van der Waals surface area (Å²) in [5, 5.41) is 9.48. The summed E-state index contributed by atoms with van der Waals surface area (Å²) >= 11 is 0. The Labute approximate surface area is 112 Å². The highest BCUT2D eigenvalue weighted by Gasteiger charge is 2.44. The molecule has 1 aliphatic rings. The van der Waals surface area contributed by atoms with Gasteiger partial charge in [-0.2, -0.15) is 0 Å². The number of unbranched alkanes of at least 4 members (excludes halogenated alkanes) is 2. The van der Waals surface area contributed by atoms with E-state index in [0.717, 1.165) is 32.4 Å². The molecule has 0 bridgehead atoms. The van der Waals surface area contributed by atoms with Gasteiger partial charge in [-0.25, -0.2) is 0 Å². The zero-order chi connectivity index (χ0) is 13.6. The molecule has 2 unspecified atom stereocenters. The van der Waals surface area contributed by atoms with Gasteiger partial charge in [-0.15, -0.1) is 0 Å². The molecule has 0 saturated carbocycles. The maximum Gasteiger partial charge on any atom is 0.310 e. The summed E-state index contributed by atoms with van der Waals surface area (Å²) in [5.41, 5.74) is -0.465. The number of carboxylic acid groups (broad SMARTS) is 1. The highest BCUT2D eigenvalue weighted by molar-refractivity contribution is 5.75. The summed E-state index contributed by atoms with van der Waals surface area (Å²) in [6, 6.07) is 0.537. The first-order chi connectivity index (χ1) is 8.55. The molecule has 3 nitrogen and oxygen atoms in total. The van der Waals surface area contributed by atoms with Crippen LogP contribution in [0.15, 0.2) is 0 Å². The molecule has 2 atom stereocenters. The lowest BCUT2D eigenvalue weighted by Gasteiger charge is -2.28. The van der Waals surface area contributed by atoms with Gasteiger partial charge in [0.15, 0.2) is 0 Å². The first-order valence-electron chi connectivity index (χ1n) is 7.53. The highest BCUT2D eigenvalue weighted by atomic mass is 16.4. The fraction of sp³-hybridized carbons (Fsp3) is 0.933. The fourth-order valence-electron chi connectivity index (χ4n) is 3.12. The Morgan fingerprint density at radius 3 is 2.61 bits per heavy atom. The molecular formula is C15H29NO2. The van der Waals surface area contributed by atoms with Gasteiger partial charge >= 0.3 is 5.97 Å². The van der Waals surface area contributed by atoms with Gasteiger partial charge in [0, 0.05) is 12.6 Å². The monoisotopic (exact) mass is 255 g/mol. The van der Waals surface area contributed by atoms with Crippen molar-refractivity contribution >= 4 is 5.97 Å². The van der Waals surface area contributed by atoms with E-state index < -0.39 is 11.4 Å². The molecule has 1 aliphatic heterocycles. The molecule has 0 aromatic rings. The molecule has 106 valence electrons. The summed E-state index contributed by atoms with van der Waals surface area (Å²) in [6.45, 7) is 8.26. The van der Waals surface area contributed by atoms with Crippen LogP contribution in [0.3, 0.4) is 0 Å². The van der Waals surface area contributed by atoms with Gasteiger partial charge in [-0.3, -0.25) is 9.69 Å². The number of hydrogen-bond donors (Lipinski definition) is 1. The fourth-order valence-corrected chi connectivity index (χ4v) is 3.12. The minimum atomic E-state index is -0.590. The predicted molar refractivity (Wildman–Crippen MR) is 74.8 cm³/mol. The van der Waals surface area contributed by atoms with Crippen LogP contribution in [0.5, 0.6) is 0 Å². The summed E-state index contributed by atoms with van der Waals surface area (Å²) in [5.74, 6) is -0.590. The van der Waals surface area contributed by atoms with Crippen molar-refractivity contribution in [2.24, 2.45) is 5.41 Å². The summed E-state index contributed by atoms with van der Waals surface area (Å²) in [6.07, 6.45) is 7.62. The Kier molecular flexibility index (Phi) is 6.13. The second kappa shape index (κ2) is 7.13. The Balaban J connectivity index is 2.49. The van der Waals surface area contributed by atoms with Crippen molar-refractivity contribution < 1.29 is 9.90 Å². The smallest absolute Gasteiger partial charge is 0.310 e. The third-order valence-electron chi connectivity index (χ3n) is 4.41. The minimum Gasteiger partial charge on any atom is -0.481 e. The Morgan fingerprint density at radius 2 is 2.06 bits per heavy atom. The molecule has 0 aromatic carbocycles. The first-order valence-corrected chi connectivity index (χ1v) is 7.53. The largest absolute Gasteiger partial charge is 0.481 e. The third kappa shape index (κ3) is 3.71. The van der Waals surface area contributed by atoms with Crippen molar-refractivity contribution in [3.63, 3.8) is 0 Å². The lowest BCUT2D eigenvalue weighted by atomic mass is 9.82. The molecule has 1 heterocycles. The van der Waals surface area contributed by atoms with Crippen LogP contribution in [0.4, 0.5) is 0 Å². The number of carbonyl (C=O) groups is 1. The molecule has 1 rings (SSSR count). The van der Waals surface area contributed by atoms with Gasteiger partial charge in [0.2, 0.25) is 0 Å². The lowest BCUT2D eigenvalue weighted by molar-refractivity contribution is -0.148.